The molecule has 2 aliphatic rings. The highest BCUT2D eigenvalue weighted by Crippen LogP contribution is 2.36. The molecule has 2 saturated heterocycles. The number of aliphatic hydroxyl groups excluding tert-OH is 1. The van der Waals surface area contributed by atoms with Gasteiger partial charge >= 0.3 is 6.03 Å². The highest BCUT2D eigenvalue weighted by molar-refractivity contribution is 5.89. The molecule has 2 fully saturated rings. The molecule has 3 heterocycles. The molecule has 0 spiro atoms. The van der Waals surface area contributed by atoms with E-state index in [9.17, 15) is 9.90 Å². The maximum Gasteiger partial charge on any atom is 0.319 e. The lowest BCUT2D eigenvalue weighted by Crippen LogP contribution is -2.59. The summed E-state index contributed by atoms with van der Waals surface area (Å²) in [5.41, 5.74) is 0.613. The Morgan fingerprint density at radius 3 is 2.81 bits per heavy atom. The highest BCUT2D eigenvalue weighted by atomic mass is 16.7. The normalized spacial score (nSPS) is 29.4. The number of rotatable bonds is 4. The molecule has 2 bridgehead atoms. The van der Waals surface area contributed by atoms with Crippen molar-refractivity contribution in [1.29, 1.82) is 0 Å². The number of nitrogens with one attached hydrogen (secondary N) is 2. The number of nitrogens with zero attached hydrogens (tertiary/aromatic N) is 2. The van der Waals surface area contributed by atoms with Crippen LogP contribution in [0.1, 0.15) is 11.9 Å². The zero-order chi connectivity index (χ0) is 19.0. The second kappa shape index (κ2) is 7.18. The van der Waals surface area contributed by atoms with Crippen LogP contribution in [0.3, 0.4) is 0 Å². The van der Waals surface area contributed by atoms with Crippen LogP contribution < -0.4 is 15.4 Å². The van der Waals surface area contributed by atoms with Gasteiger partial charge in [-0.1, -0.05) is 0 Å². The molecule has 144 valence electrons. The number of anilines is 1. The number of urea groups is 1. The molecule has 0 radical (unpaired) electrons. The van der Waals surface area contributed by atoms with Crippen LogP contribution in [-0.2, 0) is 9.47 Å². The van der Waals surface area contributed by atoms with Gasteiger partial charge in [0.05, 0.1) is 19.8 Å². The van der Waals surface area contributed by atoms with Crippen LogP contribution in [0.2, 0.25) is 0 Å². The topological polar surface area (TPSA) is 107 Å². The van der Waals surface area contributed by atoms with E-state index in [1.54, 1.807) is 43.8 Å². The largest absolute Gasteiger partial charge is 0.497 e. The summed E-state index contributed by atoms with van der Waals surface area (Å²) in [6.07, 6.45) is 1.56. The SMILES string of the molecule is COc1ccc(NC(=O)NC2C3COC(O3)C(n3ccnc3C)C2O)cc1. The Hall–Kier alpha value is -2.62. The van der Waals surface area contributed by atoms with Gasteiger partial charge in [0.25, 0.3) is 0 Å². The lowest BCUT2D eigenvalue weighted by Gasteiger charge is -2.39. The Kier molecular flexibility index (Phi) is 4.73. The number of aliphatic hydroxyl groups is 1. The average molecular weight is 374 g/mol. The first-order valence-corrected chi connectivity index (χ1v) is 8.73. The van der Waals surface area contributed by atoms with E-state index in [1.807, 2.05) is 11.5 Å². The number of fused-ring (bicyclic) bond motifs is 2. The Morgan fingerprint density at radius 2 is 2.15 bits per heavy atom. The quantitative estimate of drug-likeness (QED) is 0.738. The maximum absolute atomic E-state index is 12.4. The number of methoxy groups -OCH3 is 1. The molecule has 27 heavy (non-hydrogen) atoms. The molecule has 1 aromatic carbocycles. The van der Waals surface area contributed by atoms with Crippen molar-refractivity contribution in [2.24, 2.45) is 0 Å². The van der Waals surface area contributed by atoms with Crippen LogP contribution >= 0.6 is 0 Å². The molecule has 1 aromatic heterocycles. The molecule has 2 aliphatic heterocycles. The highest BCUT2D eigenvalue weighted by Gasteiger charge is 2.51. The molecule has 5 atom stereocenters. The van der Waals surface area contributed by atoms with Gasteiger partial charge in [-0.3, -0.25) is 0 Å². The predicted molar refractivity (Wildman–Crippen MR) is 95.6 cm³/mol. The number of carbonyl (C=O) groups is 1. The van der Waals surface area contributed by atoms with Gasteiger partial charge in [0.1, 0.15) is 29.8 Å². The van der Waals surface area contributed by atoms with E-state index in [2.05, 4.69) is 15.6 Å². The maximum atomic E-state index is 12.4. The molecular formula is C18H22N4O5. The summed E-state index contributed by atoms with van der Waals surface area (Å²) in [5, 5.41) is 16.5. The number of benzene rings is 1. The van der Waals surface area contributed by atoms with Gasteiger partial charge in [-0.2, -0.15) is 0 Å². The van der Waals surface area contributed by atoms with Gasteiger partial charge in [-0.15, -0.1) is 0 Å². The summed E-state index contributed by atoms with van der Waals surface area (Å²) in [7, 11) is 1.58. The number of hydrogen-bond donors (Lipinski definition) is 3. The van der Waals surface area contributed by atoms with Crippen molar-refractivity contribution < 1.29 is 24.1 Å². The van der Waals surface area contributed by atoms with Gasteiger partial charge in [-0.05, 0) is 31.2 Å². The molecule has 5 unspecified atom stereocenters. The van der Waals surface area contributed by atoms with Gasteiger partial charge in [0, 0.05) is 18.1 Å². The number of carbonyl (C=O) groups excluding carboxylic acids is 1. The fraction of sp³-hybridized carbons (Fsp3) is 0.444. The molecule has 4 rings (SSSR count). The molecule has 0 saturated carbocycles. The minimum Gasteiger partial charge on any atom is -0.497 e. The molecule has 2 aromatic rings. The van der Waals surface area contributed by atoms with Crippen molar-refractivity contribution in [2.75, 3.05) is 19.0 Å². The number of imidazole rings is 1. The van der Waals surface area contributed by atoms with Crippen molar-refractivity contribution in [1.82, 2.24) is 14.9 Å². The van der Waals surface area contributed by atoms with Gasteiger partial charge < -0.3 is 34.5 Å². The van der Waals surface area contributed by atoms with Crippen LogP contribution in [0, 0.1) is 6.92 Å². The van der Waals surface area contributed by atoms with Crippen molar-refractivity contribution in [2.45, 2.75) is 37.5 Å². The first kappa shape index (κ1) is 17.8. The summed E-state index contributed by atoms with van der Waals surface area (Å²) >= 11 is 0. The minimum atomic E-state index is -0.884. The van der Waals surface area contributed by atoms with E-state index >= 15 is 0 Å². The van der Waals surface area contributed by atoms with E-state index in [0.717, 1.165) is 5.82 Å². The van der Waals surface area contributed by atoms with Crippen molar-refractivity contribution in [3.05, 3.63) is 42.5 Å². The van der Waals surface area contributed by atoms with E-state index in [1.165, 1.54) is 0 Å². The Bertz CT molecular complexity index is 808. The fourth-order valence-corrected chi connectivity index (χ4v) is 3.57. The van der Waals surface area contributed by atoms with Crippen LogP contribution in [0.25, 0.3) is 0 Å². The van der Waals surface area contributed by atoms with E-state index in [-0.39, 0.29) is 0 Å². The number of aromatic nitrogens is 2. The summed E-state index contributed by atoms with van der Waals surface area (Å²) in [6.45, 7) is 2.14. The molecule has 2 amide bonds. The van der Waals surface area contributed by atoms with Gasteiger partial charge in [0.15, 0.2) is 6.29 Å². The minimum absolute atomic E-state index is 0.305. The first-order valence-electron chi connectivity index (χ1n) is 8.73. The Morgan fingerprint density at radius 1 is 1.37 bits per heavy atom. The van der Waals surface area contributed by atoms with E-state index in [0.29, 0.717) is 18.0 Å². The summed E-state index contributed by atoms with van der Waals surface area (Å²) in [5.74, 6) is 1.43. The third-order valence-electron chi connectivity index (χ3n) is 4.96. The molecule has 9 nitrogen and oxygen atoms in total. The predicted octanol–water partition coefficient (Wildman–Crippen LogP) is 1.05. The summed E-state index contributed by atoms with van der Waals surface area (Å²) in [6, 6.07) is 5.44. The third kappa shape index (κ3) is 3.36. The second-order valence-electron chi connectivity index (χ2n) is 6.59. The second-order valence-corrected chi connectivity index (χ2v) is 6.59. The molecule has 0 aliphatic carbocycles. The fourth-order valence-electron chi connectivity index (χ4n) is 3.57. The first-order chi connectivity index (χ1) is 13.1. The Labute approximate surface area is 156 Å². The molecule has 3 N–H and O–H groups in total. The lowest BCUT2D eigenvalue weighted by atomic mass is 9.96. The standard InChI is InChI=1S/C18H22N4O5/c1-10-19-7-8-22(10)15-16(23)14(13-9-26-17(15)27-13)21-18(24)20-11-3-5-12(25-2)6-4-11/h3-8,13-17,23H,9H2,1-2H3,(H2,20,21,24). The van der Waals surface area contributed by atoms with Gasteiger partial charge in [0.2, 0.25) is 0 Å². The van der Waals surface area contributed by atoms with Crippen LogP contribution in [0.4, 0.5) is 10.5 Å². The number of hydrogen-bond acceptors (Lipinski definition) is 6. The summed E-state index contributed by atoms with van der Waals surface area (Å²) < 4.78 is 18.5. The smallest absolute Gasteiger partial charge is 0.319 e. The Balaban J connectivity index is 1.47. The number of aryl methyl sites for hydroxylation is 1. The van der Waals surface area contributed by atoms with Crippen molar-refractivity contribution >= 4 is 11.7 Å². The zero-order valence-corrected chi connectivity index (χ0v) is 15.0. The van der Waals surface area contributed by atoms with Crippen molar-refractivity contribution in [3.8, 4) is 5.75 Å². The third-order valence-corrected chi connectivity index (χ3v) is 4.96. The van der Waals surface area contributed by atoms with E-state index < -0.39 is 36.6 Å². The lowest BCUT2D eigenvalue weighted by molar-refractivity contribution is -0.163. The van der Waals surface area contributed by atoms with Gasteiger partial charge in [-0.25, -0.2) is 9.78 Å². The van der Waals surface area contributed by atoms with Crippen LogP contribution in [0.5, 0.6) is 5.75 Å². The summed E-state index contributed by atoms with van der Waals surface area (Å²) in [4.78, 5) is 16.6. The number of ether oxygens (including phenoxy) is 3. The molecule has 9 heteroatoms. The van der Waals surface area contributed by atoms with Crippen LogP contribution in [-0.4, -0.2) is 58.9 Å². The number of amides is 2. The average Bonchev–Trinajstić information content (AvgIpc) is 3.28. The van der Waals surface area contributed by atoms with Crippen molar-refractivity contribution in [3.63, 3.8) is 0 Å². The van der Waals surface area contributed by atoms with Crippen LogP contribution in [0.15, 0.2) is 36.7 Å². The van der Waals surface area contributed by atoms with E-state index in [4.69, 9.17) is 14.2 Å². The molecular weight excluding hydrogens is 352 g/mol. The zero-order valence-electron chi connectivity index (χ0n) is 15.0. The monoisotopic (exact) mass is 374 g/mol.